The highest BCUT2D eigenvalue weighted by Crippen LogP contribution is 2.29. The van der Waals surface area contributed by atoms with Crippen LogP contribution in [-0.2, 0) is 10.0 Å². The largest absolute Gasteiger partial charge is 0.212 e. The van der Waals surface area contributed by atoms with Gasteiger partial charge in [-0.2, -0.15) is 16.1 Å². The molecule has 3 nitrogen and oxygen atoms in total. The highest BCUT2D eigenvalue weighted by molar-refractivity contribution is 7.99. The Morgan fingerprint density at radius 2 is 1.93 bits per heavy atom. The van der Waals surface area contributed by atoms with Crippen molar-refractivity contribution in [2.45, 2.75) is 38.8 Å². The minimum absolute atomic E-state index is 0.190. The van der Waals surface area contributed by atoms with Crippen LogP contribution in [0.2, 0.25) is 0 Å². The first-order valence-corrected chi connectivity index (χ1v) is 7.80. The Bertz CT molecular complexity index is 286. The Labute approximate surface area is 91.3 Å². The van der Waals surface area contributed by atoms with Crippen molar-refractivity contribution in [2.24, 2.45) is 0 Å². The number of hydrogen-bond donors (Lipinski definition) is 0. The molecule has 5 heteroatoms. The first-order chi connectivity index (χ1) is 6.23. The summed E-state index contributed by atoms with van der Waals surface area (Å²) in [5.41, 5.74) is -0.302. The summed E-state index contributed by atoms with van der Waals surface area (Å²) < 4.78 is 25.0. The van der Waals surface area contributed by atoms with Crippen LogP contribution in [0.4, 0.5) is 0 Å². The van der Waals surface area contributed by atoms with Crippen molar-refractivity contribution in [1.82, 2.24) is 4.31 Å². The summed E-state index contributed by atoms with van der Waals surface area (Å²) in [4.78, 5) is 0. The number of rotatable bonds is 2. The molecule has 0 unspecified atom stereocenters. The Morgan fingerprint density at radius 3 is 2.21 bits per heavy atom. The third kappa shape index (κ3) is 2.87. The molecule has 0 spiro atoms. The molecule has 0 amide bonds. The highest BCUT2D eigenvalue weighted by Gasteiger charge is 2.37. The second kappa shape index (κ2) is 4.02. The summed E-state index contributed by atoms with van der Waals surface area (Å²) in [6.07, 6.45) is 2.29. The van der Waals surface area contributed by atoms with E-state index in [0.717, 1.165) is 17.9 Å². The van der Waals surface area contributed by atoms with E-state index in [1.807, 2.05) is 32.5 Å². The fourth-order valence-electron chi connectivity index (χ4n) is 2.02. The van der Waals surface area contributed by atoms with Crippen molar-refractivity contribution in [3.05, 3.63) is 0 Å². The maximum absolute atomic E-state index is 11.7. The van der Waals surface area contributed by atoms with Gasteiger partial charge in [0.05, 0.1) is 6.26 Å². The molecule has 14 heavy (non-hydrogen) atoms. The van der Waals surface area contributed by atoms with Gasteiger partial charge in [0.15, 0.2) is 0 Å². The van der Waals surface area contributed by atoms with Gasteiger partial charge in [-0.15, -0.1) is 0 Å². The van der Waals surface area contributed by atoms with E-state index in [2.05, 4.69) is 0 Å². The van der Waals surface area contributed by atoms with Gasteiger partial charge in [0.1, 0.15) is 0 Å². The molecule has 0 aromatic heterocycles. The van der Waals surface area contributed by atoms with E-state index in [0.29, 0.717) is 0 Å². The van der Waals surface area contributed by atoms with Crippen molar-refractivity contribution in [3.63, 3.8) is 0 Å². The number of nitrogens with zero attached hydrogens (tertiary/aromatic N) is 1. The smallest absolute Gasteiger partial charge is 0.211 e. The minimum atomic E-state index is -3.09. The van der Waals surface area contributed by atoms with Crippen LogP contribution >= 0.6 is 11.8 Å². The quantitative estimate of drug-likeness (QED) is 0.731. The lowest BCUT2D eigenvalue weighted by Crippen LogP contribution is -2.51. The molecule has 1 atom stereocenters. The number of thioether (sulfide) groups is 1. The maximum atomic E-state index is 11.7. The van der Waals surface area contributed by atoms with Crippen LogP contribution in [0.25, 0.3) is 0 Å². The normalized spacial score (nSPS) is 24.5. The first kappa shape index (κ1) is 12.3. The summed E-state index contributed by atoms with van der Waals surface area (Å²) >= 11 is 1.84. The molecule has 1 heterocycles. The molecular formula is C9H19NO2S2. The topological polar surface area (TPSA) is 37.4 Å². The van der Waals surface area contributed by atoms with E-state index in [1.54, 1.807) is 4.31 Å². The molecule has 1 aliphatic rings. The Balaban J connectivity index is 2.93. The van der Waals surface area contributed by atoms with E-state index < -0.39 is 10.0 Å². The second-order valence-corrected chi connectivity index (χ2v) is 7.76. The molecule has 1 rings (SSSR count). The highest BCUT2D eigenvalue weighted by atomic mass is 32.2. The molecule has 0 N–H and O–H groups in total. The van der Waals surface area contributed by atoms with Crippen molar-refractivity contribution in [1.29, 1.82) is 0 Å². The molecule has 0 aromatic rings. The van der Waals surface area contributed by atoms with Crippen molar-refractivity contribution in [3.8, 4) is 0 Å². The van der Waals surface area contributed by atoms with Gasteiger partial charge < -0.3 is 0 Å². The SMILES string of the molecule is CC(C)(C)N([C@H]1CCSC1)S(C)(=O)=O. The van der Waals surface area contributed by atoms with E-state index in [4.69, 9.17) is 0 Å². The van der Waals surface area contributed by atoms with Crippen LogP contribution in [0, 0.1) is 0 Å². The summed E-state index contributed by atoms with van der Waals surface area (Å²) in [6.45, 7) is 5.87. The summed E-state index contributed by atoms with van der Waals surface area (Å²) in [5.74, 6) is 2.01. The fourth-order valence-corrected chi connectivity index (χ4v) is 5.03. The van der Waals surface area contributed by atoms with Gasteiger partial charge in [0, 0.05) is 17.3 Å². The third-order valence-electron chi connectivity index (χ3n) is 2.26. The van der Waals surface area contributed by atoms with E-state index >= 15 is 0 Å². The van der Waals surface area contributed by atoms with Gasteiger partial charge in [0.25, 0.3) is 0 Å². The second-order valence-electron chi connectivity index (χ2n) is 4.75. The average Bonchev–Trinajstić information content (AvgIpc) is 2.31. The summed E-state index contributed by atoms with van der Waals surface area (Å²) in [6, 6.07) is 0.190. The van der Waals surface area contributed by atoms with Gasteiger partial charge in [-0.1, -0.05) is 0 Å². The predicted octanol–water partition coefficient (Wildman–Crippen LogP) is 1.55. The Kier molecular flexibility index (Phi) is 3.54. The van der Waals surface area contributed by atoms with Crippen molar-refractivity contribution < 1.29 is 8.42 Å². The van der Waals surface area contributed by atoms with Crippen LogP contribution in [0.1, 0.15) is 27.2 Å². The van der Waals surface area contributed by atoms with Crippen LogP contribution < -0.4 is 0 Å². The number of sulfonamides is 1. The average molecular weight is 237 g/mol. The number of hydrogen-bond acceptors (Lipinski definition) is 3. The molecule has 1 aliphatic heterocycles. The van der Waals surface area contributed by atoms with E-state index in [9.17, 15) is 8.42 Å². The van der Waals surface area contributed by atoms with Crippen molar-refractivity contribution in [2.75, 3.05) is 17.8 Å². The lowest BCUT2D eigenvalue weighted by Gasteiger charge is -2.37. The fraction of sp³-hybridized carbons (Fsp3) is 1.00. The molecule has 1 saturated heterocycles. The molecule has 0 saturated carbocycles. The van der Waals surface area contributed by atoms with Gasteiger partial charge in [0.2, 0.25) is 10.0 Å². The first-order valence-electron chi connectivity index (χ1n) is 4.80. The standard InChI is InChI=1S/C9H19NO2S2/c1-9(2,3)10(14(4,11)12)8-5-6-13-7-8/h8H,5-7H2,1-4H3/t8-/m0/s1. The van der Waals surface area contributed by atoms with Crippen LogP contribution in [0.15, 0.2) is 0 Å². The lowest BCUT2D eigenvalue weighted by atomic mass is 10.1. The minimum Gasteiger partial charge on any atom is -0.212 e. The molecule has 0 aromatic carbocycles. The molecule has 0 aliphatic carbocycles. The van der Waals surface area contributed by atoms with Crippen LogP contribution in [0.5, 0.6) is 0 Å². The molecular weight excluding hydrogens is 218 g/mol. The summed E-state index contributed by atoms with van der Waals surface area (Å²) in [7, 11) is -3.09. The molecule has 0 bridgehead atoms. The maximum Gasteiger partial charge on any atom is 0.211 e. The van der Waals surface area contributed by atoms with Crippen molar-refractivity contribution >= 4 is 21.8 Å². The van der Waals surface area contributed by atoms with Gasteiger partial charge in [-0.05, 0) is 32.9 Å². The van der Waals surface area contributed by atoms with Gasteiger partial charge in [-0.3, -0.25) is 0 Å². The Hall–Kier alpha value is 0.260. The summed E-state index contributed by atoms with van der Waals surface area (Å²) in [5, 5.41) is 0. The molecule has 84 valence electrons. The van der Waals surface area contributed by atoms with Crippen LogP contribution in [-0.4, -0.2) is 42.1 Å². The van der Waals surface area contributed by atoms with Gasteiger partial charge in [-0.25, -0.2) is 8.42 Å². The Morgan fingerprint density at radius 1 is 1.36 bits per heavy atom. The monoisotopic (exact) mass is 237 g/mol. The predicted molar refractivity (Wildman–Crippen MR) is 62.2 cm³/mol. The zero-order valence-corrected chi connectivity index (χ0v) is 10.9. The third-order valence-corrected chi connectivity index (χ3v) is 4.96. The zero-order chi connectivity index (χ0) is 11.0. The van der Waals surface area contributed by atoms with Gasteiger partial charge >= 0.3 is 0 Å². The molecule has 0 radical (unpaired) electrons. The van der Waals surface area contributed by atoms with E-state index in [-0.39, 0.29) is 11.6 Å². The lowest BCUT2D eigenvalue weighted by molar-refractivity contribution is 0.204. The van der Waals surface area contributed by atoms with E-state index in [1.165, 1.54) is 6.26 Å². The zero-order valence-electron chi connectivity index (χ0n) is 9.28. The van der Waals surface area contributed by atoms with Crippen LogP contribution in [0.3, 0.4) is 0 Å². The molecule has 1 fully saturated rings.